The summed E-state index contributed by atoms with van der Waals surface area (Å²) < 4.78 is 0. The van der Waals surface area contributed by atoms with Gasteiger partial charge >= 0.3 is 0 Å². The summed E-state index contributed by atoms with van der Waals surface area (Å²) >= 11 is 1.67. The molecule has 0 atom stereocenters. The smallest absolute Gasteiger partial charge is 0.240 e. The van der Waals surface area contributed by atoms with E-state index in [2.05, 4.69) is 39.8 Å². The van der Waals surface area contributed by atoms with Crippen molar-refractivity contribution >= 4 is 23.2 Å². The molecule has 0 aliphatic rings. The zero-order chi connectivity index (χ0) is 18.3. The van der Waals surface area contributed by atoms with E-state index < -0.39 is 0 Å². The Hall–Kier alpha value is -1.63. The Morgan fingerprint density at radius 1 is 1.42 bits per heavy atom. The van der Waals surface area contributed by atoms with Crippen molar-refractivity contribution in [3.8, 4) is 0 Å². The monoisotopic (exact) mass is 353 g/mol. The SMILES string of the molecule is CCNC(=NCc1csc(C(C)C)n1)N(C)CC(=O)NC(C)(C)C. The third-order valence-corrected chi connectivity index (χ3v) is 4.24. The van der Waals surface area contributed by atoms with Gasteiger partial charge in [0.1, 0.15) is 0 Å². The van der Waals surface area contributed by atoms with Crippen LogP contribution in [-0.2, 0) is 11.3 Å². The van der Waals surface area contributed by atoms with Gasteiger partial charge in [0.15, 0.2) is 5.96 Å². The minimum Gasteiger partial charge on any atom is -0.357 e. The Morgan fingerprint density at radius 3 is 2.58 bits per heavy atom. The van der Waals surface area contributed by atoms with Crippen molar-refractivity contribution in [1.29, 1.82) is 0 Å². The number of carbonyl (C=O) groups is 1. The number of guanidine groups is 1. The van der Waals surface area contributed by atoms with Gasteiger partial charge in [-0.1, -0.05) is 13.8 Å². The van der Waals surface area contributed by atoms with Crippen LogP contribution in [0.5, 0.6) is 0 Å². The lowest BCUT2D eigenvalue weighted by atomic mass is 10.1. The zero-order valence-corrected chi connectivity index (χ0v) is 16.8. The maximum Gasteiger partial charge on any atom is 0.240 e. The van der Waals surface area contributed by atoms with E-state index in [1.54, 1.807) is 11.3 Å². The number of likely N-dealkylation sites (N-methyl/N-ethyl adjacent to an activating group) is 1. The largest absolute Gasteiger partial charge is 0.357 e. The average molecular weight is 354 g/mol. The van der Waals surface area contributed by atoms with Gasteiger partial charge in [-0.15, -0.1) is 11.3 Å². The normalized spacial score (nSPS) is 12.4. The molecule has 0 aromatic carbocycles. The molecule has 0 saturated heterocycles. The van der Waals surface area contributed by atoms with Crippen LogP contribution in [0.2, 0.25) is 0 Å². The van der Waals surface area contributed by atoms with Crippen LogP contribution in [0.4, 0.5) is 0 Å². The second kappa shape index (κ2) is 9.01. The van der Waals surface area contributed by atoms with Crippen LogP contribution in [0.1, 0.15) is 58.2 Å². The standard InChI is InChI=1S/C17H31N5OS/c1-8-18-16(22(7)10-14(23)21-17(4,5)6)19-9-13-11-24-15(20-13)12(2)3/h11-12H,8-10H2,1-7H3,(H,18,19)(H,21,23). The van der Waals surface area contributed by atoms with Crippen molar-refractivity contribution in [1.82, 2.24) is 20.5 Å². The number of aliphatic imine (C=N–C) groups is 1. The number of aromatic nitrogens is 1. The number of nitrogens with one attached hydrogen (secondary N) is 2. The van der Waals surface area contributed by atoms with Crippen LogP contribution in [0.25, 0.3) is 0 Å². The summed E-state index contributed by atoms with van der Waals surface area (Å²) in [6, 6.07) is 0. The number of carbonyl (C=O) groups excluding carboxylic acids is 1. The van der Waals surface area contributed by atoms with Crippen molar-refractivity contribution in [3.05, 3.63) is 16.1 Å². The molecular formula is C17H31N5OS. The van der Waals surface area contributed by atoms with E-state index in [0.29, 0.717) is 18.4 Å². The molecule has 24 heavy (non-hydrogen) atoms. The first kappa shape index (κ1) is 20.4. The van der Waals surface area contributed by atoms with Gasteiger partial charge < -0.3 is 15.5 Å². The molecule has 0 radical (unpaired) electrons. The molecule has 1 rings (SSSR count). The topological polar surface area (TPSA) is 69.6 Å². The molecule has 1 aromatic rings. The first-order valence-corrected chi connectivity index (χ1v) is 9.25. The van der Waals surface area contributed by atoms with Gasteiger partial charge in [0, 0.05) is 30.4 Å². The summed E-state index contributed by atoms with van der Waals surface area (Å²) in [7, 11) is 1.87. The van der Waals surface area contributed by atoms with Crippen LogP contribution in [0.15, 0.2) is 10.4 Å². The van der Waals surface area contributed by atoms with Gasteiger partial charge in [0.2, 0.25) is 5.91 Å². The van der Waals surface area contributed by atoms with Crippen LogP contribution >= 0.6 is 11.3 Å². The van der Waals surface area contributed by atoms with Crippen molar-refractivity contribution in [2.75, 3.05) is 20.1 Å². The highest BCUT2D eigenvalue weighted by atomic mass is 32.1. The van der Waals surface area contributed by atoms with E-state index in [0.717, 1.165) is 17.2 Å². The molecule has 0 saturated carbocycles. The number of rotatable bonds is 6. The molecule has 1 amide bonds. The summed E-state index contributed by atoms with van der Waals surface area (Å²) in [5.74, 6) is 1.12. The van der Waals surface area contributed by atoms with E-state index in [4.69, 9.17) is 0 Å². The van der Waals surface area contributed by atoms with Crippen molar-refractivity contribution in [3.63, 3.8) is 0 Å². The van der Waals surface area contributed by atoms with Crippen LogP contribution in [-0.4, -0.2) is 47.4 Å². The van der Waals surface area contributed by atoms with Gasteiger partial charge in [-0.3, -0.25) is 4.79 Å². The summed E-state index contributed by atoms with van der Waals surface area (Å²) in [4.78, 5) is 23.1. The fourth-order valence-electron chi connectivity index (χ4n) is 2.03. The molecular weight excluding hydrogens is 322 g/mol. The molecule has 136 valence electrons. The Kier molecular flexibility index (Phi) is 7.66. The summed E-state index contributed by atoms with van der Waals surface area (Å²) in [5, 5.41) is 9.36. The van der Waals surface area contributed by atoms with Crippen molar-refractivity contribution in [2.45, 2.75) is 59.5 Å². The highest BCUT2D eigenvalue weighted by Gasteiger charge is 2.16. The lowest BCUT2D eigenvalue weighted by Crippen LogP contribution is -2.48. The fraction of sp³-hybridized carbons (Fsp3) is 0.706. The quantitative estimate of drug-likeness (QED) is 0.609. The van der Waals surface area contributed by atoms with Gasteiger partial charge in [0.25, 0.3) is 0 Å². The summed E-state index contributed by atoms with van der Waals surface area (Å²) in [6.45, 7) is 13.7. The Balaban J connectivity index is 2.71. The lowest BCUT2D eigenvalue weighted by molar-refractivity contribution is -0.122. The Morgan fingerprint density at radius 2 is 2.08 bits per heavy atom. The molecule has 0 aliphatic carbocycles. The predicted molar refractivity (Wildman–Crippen MR) is 102 cm³/mol. The van der Waals surface area contributed by atoms with Crippen molar-refractivity contribution < 1.29 is 4.79 Å². The molecule has 0 fully saturated rings. The maximum atomic E-state index is 12.1. The number of hydrogen-bond donors (Lipinski definition) is 2. The molecule has 0 bridgehead atoms. The second-order valence-corrected chi connectivity index (χ2v) is 8.05. The summed E-state index contributed by atoms with van der Waals surface area (Å²) in [6.07, 6.45) is 0. The number of thiazole rings is 1. The number of hydrogen-bond acceptors (Lipinski definition) is 4. The predicted octanol–water partition coefficient (Wildman–Crippen LogP) is 2.58. The van der Waals surface area contributed by atoms with E-state index >= 15 is 0 Å². The van der Waals surface area contributed by atoms with Crippen LogP contribution < -0.4 is 10.6 Å². The van der Waals surface area contributed by atoms with Crippen LogP contribution in [0, 0.1) is 0 Å². The molecule has 2 N–H and O–H groups in total. The van der Waals surface area contributed by atoms with Gasteiger partial charge in [0.05, 0.1) is 23.8 Å². The highest BCUT2D eigenvalue weighted by molar-refractivity contribution is 7.09. The van der Waals surface area contributed by atoms with Gasteiger partial charge in [-0.2, -0.15) is 0 Å². The molecule has 1 heterocycles. The zero-order valence-electron chi connectivity index (χ0n) is 15.9. The lowest BCUT2D eigenvalue weighted by Gasteiger charge is -2.25. The first-order chi connectivity index (χ1) is 11.1. The third-order valence-electron chi connectivity index (χ3n) is 3.05. The molecule has 7 heteroatoms. The highest BCUT2D eigenvalue weighted by Crippen LogP contribution is 2.19. The molecule has 0 aliphatic heterocycles. The Labute approximate surface area is 149 Å². The second-order valence-electron chi connectivity index (χ2n) is 7.16. The van der Waals surface area contributed by atoms with E-state index in [9.17, 15) is 4.79 Å². The first-order valence-electron chi connectivity index (χ1n) is 8.37. The number of amides is 1. The molecule has 6 nitrogen and oxygen atoms in total. The molecule has 0 unspecified atom stereocenters. The molecule has 0 spiro atoms. The summed E-state index contributed by atoms with van der Waals surface area (Å²) in [5.41, 5.74) is 0.730. The van der Waals surface area contributed by atoms with Gasteiger partial charge in [-0.25, -0.2) is 9.98 Å². The fourth-order valence-corrected chi connectivity index (χ4v) is 2.86. The Bertz CT molecular complexity index is 560. The van der Waals surface area contributed by atoms with E-state index in [1.807, 2.05) is 39.6 Å². The van der Waals surface area contributed by atoms with Gasteiger partial charge in [-0.05, 0) is 27.7 Å². The van der Waals surface area contributed by atoms with Crippen LogP contribution in [0.3, 0.4) is 0 Å². The average Bonchev–Trinajstić information content (AvgIpc) is 2.90. The number of nitrogens with zero attached hydrogens (tertiary/aromatic N) is 3. The minimum atomic E-state index is -0.235. The third kappa shape index (κ3) is 7.29. The molecule has 1 aromatic heterocycles. The van der Waals surface area contributed by atoms with E-state index in [1.165, 1.54) is 0 Å². The van der Waals surface area contributed by atoms with Crippen molar-refractivity contribution in [2.24, 2.45) is 4.99 Å². The minimum absolute atomic E-state index is 0.0219. The van der Waals surface area contributed by atoms with E-state index in [-0.39, 0.29) is 18.0 Å². The maximum absolute atomic E-state index is 12.1.